The van der Waals surface area contributed by atoms with Crippen LogP contribution in [-0.4, -0.2) is 45.8 Å². The van der Waals surface area contributed by atoms with Crippen LogP contribution in [0.4, 0.5) is 5.69 Å². The van der Waals surface area contributed by atoms with Gasteiger partial charge in [0.25, 0.3) is 10.0 Å². The highest BCUT2D eigenvalue weighted by Gasteiger charge is 2.30. The number of sulfonamides is 1. The van der Waals surface area contributed by atoms with Gasteiger partial charge in [-0.3, -0.25) is 4.31 Å². The zero-order valence-electron chi connectivity index (χ0n) is 19.2. The second kappa shape index (κ2) is 8.88. The Morgan fingerprint density at radius 2 is 1.91 bits per heavy atom. The molecule has 172 valence electrons. The summed E-state index contributed by atoms with van der Waals surface area (Å²) in [5, 5.41) is 0.854. The SMILES string of the molecule is Cc1ccc(S(=O)(=O)N2CCCOc3nc4c(ccn4COCC[Si](C)(C)C)cc32)cc1. The fraction of sp³-hybridized carbons (Fsp3) is 0.435. The molecule has 32 heavy (non-hydrogen) atoms. The molecule has 0 fully saturated rings. The van der Waals surface area contributed by atoms with Crippen molar-refractivity contribution < 1.29 is 17.9 Å². The maximum absolute atomic E-state index is 13.4. The average molecular weight is 474 g/mol. The van der Waals surface area contributed by atoms with Gasteiger partial charge in [-0.1, -0.05) is 37.3 Å². The van der Waals surface area contributed by atoms with Crippen LogP contribution in [0.25, 0.3) is 11.0 Å². The Kier molecular flexibility index (Phi) is 6.33. The van der Waals surface area contributed by atoms with Crippen LogP contribution in [0.3, 0.4) is 0 Å². The number of fused-ring (bicyclic) bond motifs is 2. The van der Waals surface area contributed by atoms with Crippen molar-refractivity contribution in [2.24, 2.45) is 0 Å². The Labute approximate surface area is 191 Å². The Morgan fingerprint density at radius 3 is 2.62 bits per heavy atom. The van der Waals surface area contributed by atoms with E-state index in [0.29, 0.717) is 37.9 Å². The van der Waals surface area contributed by atoms with Gasteiger partial charge in [-0.15, -0.1) is 0 Å². The van der Waals surface area contributed by atoms with E-state index in [2.05, 4.69) is 19.6 Å². The lowest BCUT2D eigenvalue weighted by molar-refractivity contribution is 0.0898. The maximum Gasteiger partial charge on any atom is 0.264 e. The van der Waals surface area contributed by atoms with Gasteiger partial charge in [0.2, 0.25) is 5.88 Å². The zero-order chi connectivity index (χ0) is 22.9. The van der Waals surface area contributed by atoms with Crippen LogP contribution in [0.2, 0.25) is 25.7 Å². The monoisotopic (exact) mass is 473 g/mol. The lowest BCUT2D eigenvalue weighted by Gasteiger charge is -2.23. The third-order valence-corrected chi connectivity index (χ3v) is 9.06. The number of nitrogens with zero attached hydrogens (tertiary/aromatic N) is 3. The molecule has 1 aromatic carbocycles. The van der Waals surface area contributed by atoms with Gasteiger partial charge >= 0.3 is 0 Å². The quantitative estimate of drug-likeness (QED) is 0.369. The fourth-order valence-electron chi connectivity index (χ4n) is 3.60. The molecule has 1 aliphatic rings. The molecule has 3 heterocycles. The first-order chi connectivity index (χ1) is 15.1. The van der Waals surface area contributed by atoms with Crippen molar-refractivity contribution >= 4 is 34.8 Å². The molecule has 4 rings (SSSR count). The van der Waals surface area contributed by atoms with E-state index in [1.807, 2.05) is 42.0 Å². The van der Waals surface area contributed by atoms with Crippen molar-refractivity contribution in [1.82, 2.24) is 9.55 Å². The lowest BCUT2D eigenvalue weighted by Crippen LogP contribution is -2.31. The highest BCUT2D eigenvalue weighted by Crippen LogP contribution is 2.36. The van der Waals surface area contributed by atoms with Gasteiger partial charge in [-0.25, -0.2) is 8.42 Å². The van der Waals surface area contributed by atoms with Gasteiger partial charge in [0.05, 0.1) is 11.5 Å². The molecule has 0 saturated carbocycles. The average Bonchev–Trinajstić information content (AvgIpc) is 2.98. The van der Waals surface area contributed by atoms with Gasteiger partial charge in [0, 0.05) is 39.2 Å². The Morgan fingerprint density at radius 1 is 1.16 bits per heavy atom. The number of rotatable bonds is 7. The third-order valence-electron chi connectivity index (χ3n) is 5.53. The molecule has 0 bridgehead atoms. The van der Waals surface area contributed by atoms with Crippen LogP contribution in [0.1, 0.15) is 12.0 Å². The molecule has 0 atom stereocenters. The number of pyridine rings is 1. The third kappa shape index (κ3) is 4.84. The van der Waals surface area contributed by atoms with Crippen molar-refractivity contribution in [2.45, 2.75) is 50.7 Å². The predicted octanol–water partition coefficient (Wildman–Crippen LogP) is 4.63. The van der Waals surface area contributed by atoms with Crippen molar-refractivity contribution in [2.75, 3.05) is 24.1 Å². The highest BCUT2D eigenvalue weighted by atomic mass is 32.2. The van der Waals surface area contributed by atoms with E-state index in [0.717, 1.165) is 29.2 Å². The van der Waals surface area contributed by atoms with E-state index in [4.69, 9.17) is 14.5 Å². The van der Waals surface area contributed by atoms with Crippen LogP contribution >= 0.6 is 0 Å². The summed E-state index contributed by atoms with van der Waals surface area (Å²) >= 11 is 0. The van der Waals surface area contributed by atoms with E-state index in [1.54, 1.807) is 12.1 Å². The summed E-state index contributed by atoms with van der Waals surface area (Å²) in [7, 11) is -4.87. The minimum atomic E-state index is -3.72. The van der Waals surface area contributed by atoms with Crippen LogP contribution in [0.15, 0.2) is 47.5 Å². The van der Waals surface area contributed by atoms with Gasteiger partial charge in [-0.05, 0) is 37.2 Å². The van der Waals surface area contributed by atoms with Crippen molar-refractivity contribution in [1.29, 1.82) is 0 Å². The van der Waals surface area contributed by atoms with E-state index < -0.39 is 18.1 Å². The smallest absolute Gasteiger partial charge is 0.264 e. The minimum absolute atomic E-state index is 0.268. The van der Waals surface area contributed by atoms with Crippen LogP contribution in [0, 0.1) is 6.92 Å². The second-order valence-corrected chi connectivity index (χ2v) is 16.9. The molecule has 0 spiro atoms. The molecule has 1 aliphatic heterocycles. The molecule has 0 amide bonds. The summed E-state index contributed by atoms with van der Waals surface area (Å²) in [5.41, 5.74) is 2.22. The molecule has 9 heteroatoms. The summed E-state index contributed by atoms with van der Waals surface area (Å²) in [4.78, 5) is 4.97. The minimum Gasteiger partial charge on any atom is -0.476 e. The molecule has 0 radical (unpaired) electrons. The first-order valence-electron chi connectivity index (χ1n) is 10.9. The summed E-state index contributed by atoms with van der Waals surface area (Å²) in [6, 6.07) is 11.8. The zero-order valence-corrected chi connectivity index (χ0v) is 21.0. The molecule has 0 saturated heterocycles. The summed E-state index contributed by atoms with van der Waals surface area (Å²) < 4.78 is 42.0. The second-order valence-electron chi connectivity index (χ2n) is 9.45. The normalized spacial score (nSPS) is 14.8. The standard InChI is InChI=1S/C23H31N3O4SSi/c1-18-6-8-20(9-7-18)31(27,28)26-11-5-13-30-23-21(26)16-19-10-12-25(22(19)24-23)17-29-14-15-32(2,3)4/h6-10,12,16H,5,11,13-15,17H2,1-4H3. The summed E-state index contributed by atoms with van der Waals surface area (Å²) in [6.07, 6.45) is 2.51. The highest BCUT2D eigenvalue weighted by molar-refractivity contribution is 7.92. The molecular formula is C23H31N3O4SSi. The largest absolute Gasteiger partial charge is 0.476 e. The Bertz CT molecular complexity index is 1200. The number of benzene rings is 1. The van der Waals surface area contributed by atoms with Crippen LogP contribution in [0.5, 0.6) is 5.88 Å². The van der Waals surface area contributed by atoms with E-state index in [1.165, 1.54) is 4.31 Å². The number of hydrogen-bond donors (Lipinski definition) is 0. The van der Waals surface area contributed by atoms with Crippen LogP contribution < -0.4 is 9.04 Å². The van der Waals surface area contributed by atoms with E-state index >= 15 is 0 Å². The number of aromatic nitrogens is 2. The number of ether oxygens (including phenoxy) is 2. The van der Waals surface area contributed by atoms with Gasteiger partial charge in [-0.2, -0.15) is 4.98 Å². The Balaban J connectivity index is 1.65. The number of hydrogen-bond acceptors (Lipinski definition) is 5. The molecular weight excluding hydrogens is 442 g/mol. The van der Waals surface area contributed by atoms with Crippen molar-refractivity contribution in [3.8, 4) is 5.88 Å². The van der Waals surface area contributed by atoms with E-state index in [-0.39, 0.29) is 4.90 Å². The van der Waals surface area contributed by atoms with E-state index in [9.17, 15) is 8.42 Å². The van der Waals surface area contributed by atoms with Gasteiger partial charge < -0.3 is 14.0 Å². The topological polar surface area (TPSA) is 73.7 Å². The molecule has 0 unspecified atom stereocenters. The molecule has 0 aliphatic carbocycles. The first-order valence-corrected chi connectivity index (χ1v) is 16.1. The van der Waals surface area contributed by atoms with Gasteiger partial charge in [0.15, 0.2) is 0 Å². The maximum atomic E-state index is 13.4. The molecule has 0 N–H and O–H groups in total. The summed E-state index contributed by atoms with van der Waals surface area (Å²) in [5.74, 6) is 0.340. The van der Waals surface area contributed by atoms with Crippen molar-refractivity contribution in [3.63, 3.8) is 0 Å². The van der Waals surface area contributed by atoms with Crippen LogP contribution in [-0.2, 0) is 21.5 Å². The van der Waals surface area contributed by atoms with Gasteiger partial charge in [0.1, 0.15) is 18.1 Å². The predicted molar refractivity (Wildman–Crippen MR) is 130 cm³/mol. The fourth-order valence-corrected chi connectivity index (χ4v) is 5.85. The molecule has 2 aromatic heterocycles. The lowest BCUT2D eigenvalue weighted by atomic mass is 10.2. The molecule has 7 nitrogen and oxygen atoms in total. The Hall–Kier alpha value is -2.36. The molecule has 3 aromatic rings. The number of anilines is 1. The van der Waals surface area contributed by atoms with Crippen molar-refractivity contribution in [3.05, 3.63) is 48.2 Å². The number of aryl methyl sites for hydroxylation is 1. The first kappa shape index (κ1) is 22.8. The summed E-state index contributed by atoms with van der Waals surface area (Å²) in [6.45, 7) is 10.8.